The summed E-state index contributed by atoms with van der Waals surface area (Å²) in [7, 11) is 0. The Hall–Kier alpha value is -4.00. The van der Waals surface area contributed by atoms with Crippen molar-refractivity contribution in [2.45, 2.75) is 19.5 Å². The maximum absolute atomic E-state index is 12.9. The van der Waals surface area contributed by atoms with E-state index < -0.39 is 0 Å². The molecule has 0 radical (unpaired) electrons. The summed E-state index contributed by atoms with van der Waals surface area (Å²) in [4.78, 5) is 33.4. The lowest BCUT2D eigenvalue weighted by Gasteiger charge is -2.34. The van der Waals surface area contributed by atoms with Crippen LogP contribution in [-0.2, 0) is 6.54 Å². The fraction of sp³-hybridized carbons (Fsp3) is 0.250. The van der Waals surface area contributed by atoms with E-state index in [1.54, 1.807) is 6.07 Å². The number of hydrogen-bond acceptors (Lipinski definition) is 4. The molecule has 0 spiro atoms. The van der Waals surface area contributed by atoms with Gasteiger partial charge in [0.2, 0.25) is 0 Å². The summed E-state index contributed by atoms with van der Waals surface area (Å²) in [5, 5.41) is 5.22. The van der Waals surface area contributed by atoms with Gasteiger partial charge in [-0.2, -0.15) is 0 Å². The van der Waals surface area contributed by atoms with Gasteiger partial charge in [-0.3, -0.25) is 19.4 Å². The SMILES string of the molecule is CC(NC(=O)c1ccc(CN2CCN(C/C=C/c3ccccc3)CC2)[nH]c1=O)c1cccc2ccccc12. The van der Waals surface area contributed by atoms with E-state index in [2.05, 4.69) is 74.7 Å². The lowest BCUT2D eigenvalue weighted by atomic mass is 9.99. The molecule has 6 nitrogen and oxygen atoms in total. The lowest BCUT2D eigenvalue weighted by Crippen LogP contribution is -2.46. The lowest BCUT2D eigenvalue weighted by molar-refractivity contribution is 0.0938. The Balaban J connectivity index is 1.14. The number of rotatable bonds is 8. The average molecular weight is 507 g/mol. The summed E-state index contributed by atoms with van der Waals surface area (Å²) >= 11 is 0. The third-order valence-electron chi connectivity index (χ3n) is 7.18. The Morgan fingerprint density at radius 3 is 2.39 bits per heavy atom. The van der Waals surface area contributed by atoms with Crippen LogP contribution in [0.3, 0.4) is 0 Å². The highest BCUT2D eigenvalue weighted by Gasteiger charge is 2.19. The smallest absolute Gasteiger partial charge is 0.261 e. The number of fused-ring (bicyclic) bond motifs is 1. The van der Waals surface area contributed by atoms with E-state index >= 15 is 0 Å². The maximum Gasteiger partial charge on any atom is 0.261 e. The Labute approximate surface area is 223 Å². The fourth-order valence-corrected chi connectivity index (χ4v) is 5.04. The van der Waals surface area contributed by atoms with Crippen LogP contribution in [0.1, 0.15) is 40.1 Å². The Morgan fingerprint density at radius 1 is 0.895 bits per heavy atom. The van der Waals surface area contributed by atoms with E-state index in [0.29, 0.717) is 6.54 Å². The molecule has 1 aliphatic heterocycles. The van der Waals surface area contributed by atoms with Crippen molar-refractivity contribution in [3.63, 3.8) is 0 Å². The average Bonchev–Trinajstić information content (AvgIpc) is 2.94. The zero-order chi connectivity index (χ0) is 26.3. The number of pyridine rings is 1. The van der Waals surface area contributed by atoms with Crippen molar-refractivity contribution in [2.75, 3.05) is 32.7 Å². The Kier molecular flexibility index (Phi) is 8.12. The van der Waals surface area contributed by atoms with E-state index in [1.165, 1.54) is 5.56 Å². The Bertz CT molecular complexity index is 1460. The maximum atomic E-state index is 12.9. The molecule has 0 bridgehead atoms. The van der Waals surface area contributed by atoms with Gasteiger partial charge in [-0.15, -0.1) is 0 Å². The molecular formula is C32H34N4O2. The number of benzene rings is 3. The van der Waals surface area contributed by atoms with Gasteiger partial charge in [0.1, 0.15) is 5.56 Å². The first-order valence-corrected chi connectivity index (χ1v) is 13.2. The first-order valence-electron chi connectivity index (χ1n) is 13.2. The minimum atomic E-state index is -0.365. The predicted molar refractivity (Wildman–Crippen MR) is 154 cm³/mol. The largest absolute Gasteiger partial charge is 0.345 e. The molecule has 1 saturated heterocycles. The third-order valence-corrected chi connectivity index (χ3v) is 7.18. The van der Waals surface area contributed by atoms with Crippen LogP contribution in [0.2, 0.25) is 0 Å². The van der Waals surface area contributed by atoms with Gasteiger partial charge < -0.3 is 10.3 Å². The monoisotopic (exact) mass is 506 g/mol. The van der Waals surface area contributed by atoms with Gasteiger partial charge in [0, 0.05) is 45.0 Å². The zero-order valence-corrected chi connectivity index (χ0v) is 21.8. The molecule has 1 amide bonds. The normalized spacial score (nSPS) is 15.6. The highest BCUT2D eigenvalue weighted by molar-refractivity contribution is 5.94. The summed E-state index contributed by atoms with van der Waals surface area (Å²) in [6.45, 7) is 7.38. The van der Waals surface area contributed by atoms with Crippen LogP contribution in [0.15, 0.2) is 95.8 Å². The molecule has 4 aromatic rings. The molecule has 0 aliphatic carbocycles. The first-order chi connectivity index (χ1) is 18.6. The van der Waals surface area contributed by atoms with Crippen molar-refractivity contribution < 1.29 is 4.79 Å². The number of aromatic amines is 1. The highest BCUT2D eigenvalue weighted by atomic mass is 16.2. The minimum absolute atomic E-state index is 0.135. The molecule has 2 N–H and O–H groups in total. The Morgan fingerprint density at radius 2 is 1.61 bits per heavy atom. The molecule has 194 valence electrons. The molecule has 1 unspecified atom stereocenters. The number of H-pyrrole nitrogens is 1. The second-order valence-corrected chi connectivity index (χ2v) is 9.88. The summed E-state index contributed by atoms with van der Waals surface area (Å²) in [6, 6.07) is 27.8. The van der Waals surface area contributed by atoms with E-state index in [1.807, 2.05) is 43.3 Å². The standard InChI is InChI=1S/C32H34N4O2/c1-24(28-15-7-13-26-12-5-6-14-29(26)28)33-31(37)30-17-16-27(34-32(30)38)23-36-21-19-35(20-22-36)18-8-11-25-9-3-2-4-10-25/h2-17,24H,18-23H2,1H3,(H,33,37)(H,34,38)/b11-8+. The number of nitrogens with one attached hydrogen (secondary N) is 2. The van der Waals surface area contributed by atoms with Crippen LogP contribution in [0.5, 0.6) is 0 Å². The summed E-state index contributed by atoms with van der Waals surface area (Å²) in [5.41, 5.74) is 2.85. The molecule has 1 aliphatic rings. The van der Waals surface area contributed by atoms with Crippen LogP contribution in [0.25, 0.3) is 16.8 Å². The molecule has 5 rings (SSSR count). The van der Waals surface area contributed by atoms with Gasteiger partial charge in [0.25, 0.3) is 11.5 Å². The molecule has 0 saturated carbocycles. The molecule has 1 atom stereocenters. The van der Waals surface area contributed by atoms with Crippen LogP contribution < -0.4 is 10.9 Å². The number of aromatic nitrogens is 1. The van der Waals surface area contributed by atoms with Gasteiger partial charge in [0.15, 0.2) is 0 Å². The fourth-order valence-electron chi connectivity index (χ4n) is 5.04. The highest BCUT2D eigenvalue weighted by Crippen LogP contribution is 2.24. The van der Waals surface area contributed by atoms with Crippen molar-refractivity contribution in [3.05, 3.63) is 124 Å². The second-order valence-electron chi connectivity index (χ2n) is 9.88. The zero-order valence-electron chi connectivity index (χ0n) is 21.8. The second kappa shape index (κ2) is 12.0. The molecule has 6 heteroatoms. The number of piperazine rings is 1. The van der Waals surface area contributed by atoms with E-state index in [4.69, 9.17) is 0 Å². The molecule has 1 aromatic heterocycles. The summed E-state index contributed by atoms with van der Waals surface area (Å²) < 4.78 is 0. The van der Waals surface area contributed by atoms with Crippen LogP contribution in [-0.4, -0.2) is 53.4 Å². The quantitative estimate of drug-likeness (QED) is 0.359. The van der Waals surface area contributed by atoms with Gasteiger partial charge in [-0.1, -0.05) is 84.9 Å². The van der Waals surface area contributed by atoms with Gasteiger partial charge in [-0.05, 0) is 41.0 Å². The van der Waals surface area contributed by atoms with Crippen molar-refractivity contribution >= 4 is 22.8 Å². The van der Waals surface area contributed by atoms with E-state index in [0.717, 1.165) is 54.8 Å². The van der Waals surface area contributed by atoms with E-state index in [9.17, 15) is 9.59 Å². The first kappa shape index (κ1) is 25.6. The number of carbonyl (C=O) groups is 1. The van der Waals surface area contributed by atoms with Gasteiger partial charge >= 0.3 is 0 Å². The topological polar surface area (TPSA) is 68.4 Å². The van der Waals surface area contributed by atoms with Crippen molar-refractivity contribution in [1.82, 2.24) is 20.1 Å². The number of carbonyl (C=O) groups excluding carboxylic acids is 1. The molecule has 3 aromatic carbocycles. The van der Waals surface area contributed by atoms with Crippen molar-refractivity contribution in [1.29, 1.82) is 0 Å². The molecule has 2 heterocycles. The van der Waals surface area contributed by atoms with Crippen LogP contribution >= 0.6 is 0 Å². The van der Waals surface area contributed by atoms with Gasteiger partial charge in [-0.25, -0.2) is 0 Å². The number of nitrogens with zero attached hydrogens (tertiary/aromatic N) is 2. The third kappa shape index (κ3) is 6.28. The van der Waals surface area contributed by atoms with Gasteiger partial charge in [0.05, 0.1) is 6.04 Å². The molecular weight excluding hydrogens is 472 g/mol. The van der Waals surface area contributed by atoms with Crippen molar-refractivity contribution in [3.8, 4) is 0 Å². The van der Waals surface area contributed by atoms with Crippen molar-refractivity contribution in [2.24, 2.45) is 0 Å². The number of amides is 1. The molecule has 1 fully saturated rings. The summed E-state index contributed by atoms with van der Waals surface area (Å²) in [6.07, 6.45) is 4.38. The predicted octanol–water partition coefficient (Wildman–Crippen LogP) is 4.85. The van der Waals surface area contributed by atoms with Crippen LogP contribution in [0.4, 0.5) is 0 Å². The van der Waals surface area contributed by atoms with E-state index in [-0.39, 0.29) is 23.1 Å². The number of hydrogen-bond donors (Lipinski definition) is 2. The molecule has 38 heavy (non-hydrogen) atoms. The minimum Gasteiger partial charge on any atom is -0.345 e. The summed E-state index contributed by atoms with van der Waals surface area (Å²) in [5.74, 6) is -0.365. The van der Waals surface area contributed by atoms with Crippen LogP contribution in [0, 0.1) is 0 Å².